The summed E-state index contributed by atoms with van der Waals surface area (Å²) in [6, 6.07) is 2.04. The first-order valence-electron chi connectivity index (χ1n) is 6.74. The Morgan fingerprint density at radius 3 is 2.81 bits per heavy atom. The van der Waals surface area contributed by atoms with Crippen molar-refractivity contribution in [1.82, 2.24) is 20.1 Å². The summed E-state index contributed by atoms with van der Waals surface area (Å²) >= 11 is 1.25. The lowest BCUT2D eigenvalue weighted by Crippen LogP contribution is -2.25. The highest BCUT2D eigenvalue weighted by Gasteiger charge is 2.15. The van der Waals surface area contributed by atoms with Gasteiger partial charge < -0.3 is 16.4 Å². The number of thiazole rings is 1. The molecule has 0 aliphatic heterocycles. The molecule has 0 aromatic carbocycles. The fourth-order valence-corrected chi connectivity index (χ4v) is 2.77. The number of amides is 1. The molecular formula is C13H20N6OS. The van der Waals surface area contributed by atoms with E-state index >= 15 is 0 Å². The number of carbonyl (C=O) groups is 1. The van der Waals surface area contributed by atoms with Crippen LogP contribution >= 0.6 is 11.3 Å². The largest absolute Gasteiger partial charge is 0.382 e. The van der Waals surface area contributed by atoms with E-state index in [0.717, 1.165) is 24.4 Å². The van der Waals surface area contributed by atoms with E-state index in [-0.39, 0.29) is 11.7 Å². The van der Waals surface area contributed by atoms with E-state index in [1.54, 1.807) is 7.05 Å². The summed E-state index contributed by atoms with van der Waals surface area (Å²) in [6.45, 7) is 5.34. The van der Waals surface area contributed by atoms with Gasteiger partial charge in [-0.05, 0) is 26.3 Å². The number of hydrogen-bond acceptors (Lipinski definition) is 6. The standard InChI is InChI=1S/C13H20N6OS/c1-8-7-9(2)19(18-8)6-4-5-16-12(20)10-11(14)17-13(15-3)21-10/h7H,4-6,14H2,1-3H3,(H,15,17)(H,16,20). The molecule has 0 unspecified atom stereocenters. The third kappa shape index (κ3) is 3.72. The zero-order valence-corrected chi connectivity index (χ0v) is 13.3. The van der Waals surface area contributed by atoms with E-state index in [1.165, 1.54) is 11.3 Å². The van der Waals surface area contributed by atoms with Crippen LogP contribution in [-0.4, -0.2) is 34.3 Å². The Morgan fingerprint density at radius 1 is 1.48 bits per heavy atom. The summed E-state index contributed by atoms with van der Waals surface area (Å²) in [4.78, 5) is 16.5. The number of nitrogens with two attached hydrogens (primary N) is 1. The third-order valence-corrected chi connectivity index (χ3v) is 4.10. The molecule has 0 radical (unpaired) electrons. The van der Waals surface area contributed by atoms with Gasteiger partial charge in [0.15, 0.2) is 5.13 Å². The molecular weight excluding hydrogens is 288 g/mol. The SMILES string of the molecule is CNc1nc(N)c(C(=O)NCCCn2nc(C)cc2C)s1. The Balaban J connectivity index is 1.81. The number of aryl methyl sites for hydroxylation is 3. The molecule has 0 saturated carbocycles. The van der Waals surface area contributed by atoms with E-state index in [0.29, 0.717) is 16.6 Å². The Labute approximate surface area is 127 Å². The fraction of sp³-hybridized carbons (Fsp3) is 0.462. The smallest absolute Gasteiger partial charge is 0.265 e. The van der Waals surface area contributed by atoms with Crippen LogP contribution in [0.4, 0.5) is 10.9 Å². The van der Waals surface area contributed by atoms with Crippen LogP contribution in [0.2, 0.25) is 0 Å². The summed E-state index contributed by atoms with van der Waals surface area (Å²) in [7, 11) is 1.74. The van der Waals surface area contributed by atoms with E-state index in [1.807, 2.05) is 24.6 Å². The molecule has 1 amide bonds. The van der Waals surface area contributed by atoms with E-state index in [9.17, 15) is 4.79 Å². The third-order valence-electron chi connectivity index (χ3n) is 3.01. The number of carbonyl (C=O) groups excluding carboxylic acids is 1. The number of hydrogen-bond donors (Lipinski definition) is 3. The van der Waals surface area contributed by atoms with Crippen molar-refractivity contribution < 1.29 is 4.79 Å². The van der Waals surface area contributed by atoms with Gasteiger partial charge in [-0.2, -0.15) is 5.10 Å². The van der Waals surface area contributed by atoms with Gasteiger partial charge in [-0.15, -0.1) is 0 Å². The molecule has 2 heterocycles. The molecule has 2 aromatic rings. The van der Waals surface area contributed by atoms with E-state index in [4.69, 9.17) is 5.73 Å². The van der Waals surface area contributed by atoms with Crippen LogP contribution in [0.5, 0.6) is 0 Å². The van der Waals surface area contributed by atoms with Gasteiger partial charge in [-0.25, -0.2) is 4.98 Å². The highest BCUT2D eigenvalue weighted by Crippen LogP contribution is 2.24. The topological polar surface area (TPSA) is 97.9 Å². The normalized spacial score (nSPS) is 10.6. The Morgan fingerprint density at radius 2 is 2.24 bits per heavy atom. The minimum Gasteiger partial charge on any atom is -0.382 e. The van der Waals surface area contributed by atoms with Gasteiger partial charge in [-0.1, -0.05) is 11.3 Å². The number of nitrogens with one attached hydrogen (secondary N) is 2. The number of nitrogen functional groups attached to an aromatic ring is 1. The van der Waals surface area contributed by atoms with Crippen LogP contribution in [-0.2, 0) is 6.54 Å². The van der Waals surface area contributed by atoms with E-state index in [2.05, 4.69) is 20.7 Å². The second-order valence-corrected chi connectivity index (χ2v) is 5.74. The van der Waals surface area contributed by atoms with Crippen molar-refractivity contribution >= 4 is 28.2 Å². The minimum absolute atomic E-state index is 0.181. The maximum Gasteiger partial charge on any atom is 0.265 e. The van der Waals surface area contributed by atoms with Gasteiger partial charge in [0.1, 0.15) is 10.7 Å². The Bertz CT molecular complexity index is 633. The number of aromatic nitrogens is 3. The van der Waals surface area contributed by atoms with Crippen molar-refractivity contribution in [2.45, 2.75) is 26.8 Å². The molecule has 2 rings (SSSR count). The van der Waals surface area contributed by atoms with Crippen molar-refractivity contribution in [2.24, 2.45) is 0 Å². The van der Waals surface area contributed by atoms with Gasteiger partial charge in [0.2, 0.25) is 0 Å². The van der Waals surface area contributed by atoms with Gasteiger partial charge in [0.05, 0.1) is 5.69 Å². The highest BCUT2D eigenvalue weighted by molar-refractivity contribution is 7.18. The van der Waals surface area contributed by atoms with Gasteiger partial charge >= 0.3 is 0 Å². The Hall–Kier alpha value is -2.09. The van der Waals surface area contributed by atoms with Crippen molar-refractivity contribution in [3.8, 4) is 0 Å². The van der Waals surface area contributed by atoms with Gasteiger partial charge in [-0.3, -0.25) is 9.48 Å². The summed E-state index contributed by atoms with van der Waals surface area (Å²) in [5, 5.41) is 10.8. The van der Waals surface area contributed by atoms with E-state index < -0.39 is 0 Å². The van der Waals surface area contributed by atoms with Gasteiger partial charge in [0, 0.05) is 25.8 Å². The van der Waals surface area contributed by atoms with Crippen LogP contribution in [0.1, 0.15) is 27.5 Å². The molecule has 2 aromatic heterocycles. The monoisotopic (exact) mass is 308 g/mol. The molecule has 0 atom stereocenters. The molecule has 0 aliphatic rings. The van der Waals surface area contributed by atoms with Crippen LogP contribution in [0.25, 0.3) is 0 Å². The lowest BCUT2D eigenvalue weighted by molar-refractivity contribution is 0.0957. The maximum absolute atomic E-state index is 12.0. The second kappa shape index (κ2) is 6.57. The molecule has 0 bridgehead atoms. The van der Waals surface area contributed by atoms with Gasteiger partial charge in [0.25, 0.3) is 5.91 Å². The Kier molecular flexibility index (Phi) is 4.79. The fourth-order valence-electron chi connectivity index (χ4n) is 2.01. The number of nitrogens with zero attached hydrogens (tertiary/aromatic N) is 3. The summed E-state index contributed by atoms with van der Waals surface area (Å²) in [6.07, 6.45) is 0.811. The summed E-state index contributed by atoms with van der Waals surface area (Å²) in [5.74, 6) is 0.0836. The molecule has 114 valence electrons. The minimum atomic E-state index is -0.181. The quantitative estimate of drug-likeness (QED) is 0.701. The second-order valence-electron chi connectivity index (χ2n) is 4.74. The molecule has 4 N–H and O–H groups in total. The predicted molar refractivity (Wildman–Crippen MR) is 84.7 cm³/mol. The number of anilines is 2. The first-order valence-corrected chi connectivity index (χ1v) is 7.56. The van der Waals surface area contributed by atoms with Crippen molar-refractivity contribution in [1.29, 1.82) is 0 Å². The van der Waals surface area contributed by atoms with Crippen molar-refractivity contribution in [3.63, 3.8) is 0 Å². The first kappa shape index (κ1) is 15.3. The molecule has 21 heavy (non-hydrogen) atoms. The molecule has 7 nitrogen and oxygen atoms in total. The molecule has 0 fully saturated rings. The predicted octanol–water partition coefficient (Wildman–Crippen LogP) is 1.40. The zero-order chi connectivity index (χ0) is 15.4. The highest BCUT2D eigenvalue weighted by atomic mass is 32.1. The maximum atomic E-state index is 12.0. The summed E-state index contributed by atoms with van der Waals surface area (Å²) in [5.41, 5.74) is 7.86. The van der Waals surface area contributed by atoms with Crippen molar-refractivity contribution in [2.75, 3.05) is 24.6 Å². The van der Waals surface area contributed by atoms with Crippen LogP contribution in [0.15, 0.2) is 6.07 Å². The van der Waals surface area contributed by atoms with Crippen LogP contribution < -0.4 is 16.4 Å². The number of rotatable bonds is 6. The van der Waals surface area contributed by atoms with Crippen LogP contribution in [0, 0.1) is 13.8 Å². The zero-order valence-electron chi connectivity index (χ0n) is 12.4. The van der Waals surface area contributed by atoms with Crippen molar-refractivity contribution in [3.05, 3.63) is 22.3 Å². The van der Waals surface area contributed by atoms with Crippen LogP contribution in [0.3, 0.4) is 0 Å². The molecule has 0 aliphatic carbocycles. The molecule has 0 saturated heterocycles. The average Bonchev–Trinajstić information content (AvgIpc) is 2.97. The lowest BCUT2D eigenvalue weighted by atomic mass is 10.3. The first-order chi connectivity index (χ1) is 10.0. The molecule has 8 heteroatoms. The lowest BCUT2D eigenvalue weighted by Gasteiger charge is -2.06. The molecule has 0 spiro atoms. The average molecular weight is 308 g/mol. The summed E-state index contributed by atoms with van der Waals surface area (Å²) < 4.78 is 1.95.